The first kappa shape index (κ1) is 22.3. The van der Waals surface area contributed by atoms with Gasteiger partial charge in [-0.15, -0.1) is 0 Å². The summed E-state index contributed by atoms with van der Waals surface area (Å²) in [7, 11) is 0. The molecule has 0 bridgehead atoms. The Morgan fingerprint density at radius 3 is 2.71 bits per heavy atom. The minimum absolute atomic E-state index is 0.318. The molecule has 0 unspecified atom stereocenters. The van der Waals surface area contributed by atoms with Crippen molar-refractivity contribution in [1.29, 1.82) is 0 Å². The molecule has 0 saturated heterocycles. The molecule has 2 aromatic carbocycles. The molecule has 0 N–H and O–H groups in total. The maximum absolute atomic E-state index is 5.54. The van der Waals surface area contributed by atoms with Crippen LogP contribution >= 0.6 is 0 Å². The zero-order chi connectivity index (χ0) is 23.2. The summed E-state index contributed by atoms with van der Waals surface area (Å²) in [5, 5.41) is 11.7. The summed E-state index contributed by atoms with van der Waals surface area (Å²) < 4.78 is 11.0. The maximum atomic E-state index is 5.54. The molecular formula is C28H30N4O2. The van der Waals surface area contributed by atoms with Crippen molar-refractivity contribution in [2.24, 2.45) is 4.99 Å². The predicted molar refractivity (Wildman–Crippen MR) is 135 cm³/mol. The fraction of sp³-hybridized carbons (Fsp3) is 0.321. The summed E-state index contributed by atoms with van der Waals surface area (Å²) in [5.74, 6) is 1.70. The van der Waals surface area contributed by atoms with Gasteiger partial charge in [0, 0.05) is 43.0 Å². The van der Waals surface area contributed by atoms with Crippen LogP contribution in [0.5, 0.6) is 11.5 Å². The second-order valence-electron chi connectivity index (χ2n) is 8.79. The molecule has 6 heteroatoms. The third-order valence-electron chi connectivity index (χ3n) is 6.46. The number of allylic oxidation sites excluding steroid dienone is 1. The highest BCUT2D eigenvalue weighted by Gasteiger charge is 2.17. The normalized spacial score (nSPS) is 16.1. The van der Waals surface area contributed by atoms with Crippen LogP contribution in [0.25, 0.3) is 10.8 Å². The summed E-state index contributed by atoms with van der Waals surface area (Å²) in [6.07, 6.45) is 10.8. The van der Waals surface area contributed by atoms with Crippen LogP contribution in [0.1, 0.15) is 36.2 Å². The molecule has 2 aliphatic rings. The highest BCUT2D eigenvalue weighted by Crippen LogP contribution is 2.33. The summed E-state index contributed by atoms with van der Waals surface area (Å²) >= 11 is 0. The molecule has 2 aliphatic heterocycles. The third-order valence-corrected chi connectivity index (χ3v) is 6.46. The number of hydrogen-bond donors (Lipinski definition) is 0. The second-order valence-corrected chi connectivity index (χ2v) is 8.79. The first-order valence-corrected chi connectivity index (χ1v) is 11.9. The molecule has 0 spiro atoms. The van der Waals surface area contributed by atoms with Crippen LogP contribution in [0.15, 0.2) is 71.4 Å². The van der Waals surface area contributed by atoms with Gasteiger partial charge in [-0.2, -0.15) is 10.2 Å². The van der Waals surface area contributed by atoms with E-state index in [1.807, 2.05) is 12.1 Å². The van der Waals surface area contributed by atoms with Crippen molar-refractivity contribution in [3.63, 3.8) is 0 Å². The molecular weight excluding hydrogens is 424 g/mol. The van der Waals surface area contributed by atoms with Gasteiger partial charge in [0.2, 0.25) is 6.79 Å². The molecule has 0 atom stereocenters. The lowest BCUT2D eigenvalue weighted by molar-refractivity contribution is 0.174. The standard InChI is InChI=1S/C28H30N4O2/c1-29-14-5-4-10-25-23-8-2-3-9-24(23)26(31-30-25)17-21-7-6-15-32(16-13-21)19-22-11-12-27-28(18-22)34-20-33-27/h2-3,5,7-9,11-12,14,18H,1,4,6,10,13,15-17,19-20H2/b14-5-. The average molecular weight is 455 g/mol. The predicted octanol–water partition coefficient (Wildman–Crippen LogP) is 5.27. The molecule has 0 amide bonds. The average Bonchev–Trinajstić information content (AvgIpc) is 3.23. The minimum Gasteiger partial charge on any atom is -0.454 e. The largest absolute Gasteiger partial charge is 0.454 e. The van der Waals surface area contributed by atoms with Crippen LogP contribution in [0.2, 0.25) is 0 Å². The number of nitrogens with zero attached hydrogens (tertiary/aromatic N) is 4. The number of rotatable bonds is 8. The Hall–Kier alpha value is -3.51. The third kappa shape index (κ3) is 5.18. The van der Waals surface area contributed by atoms with Crippen molar-refractivity contribution in [1.82, 2.24) is 15.1 Å². The van der Waals surface area contributed by atoms with E-state index in [1.54, 1.807) is 6.20 Å². The second kappa shape index (κ2) is 10.6. The van der Waals surface area contributed by atoms with Crippen molar-refractivity contribution in [3.05, 3.63) is 83.3 Å². The fourth-order valence-electron chi connectivity index (χ4n) is 4.70. The van der Waals surface area contributed by atoms with Gasteiger partial charge in [-0.25, -0.2) is 0 Å². The molecule has 6 nitrogen and oxygen atoms in total. The fourth-order valence-corrected chi connectivity index (χ4v) is 4.70. The molecule has 0 saturated carbocycles. The first-order valence-electron chi connectivity index (χ1n) is 11.9. The zero-order valence-corrected chi connectivity index (χ0v) is 19.4. The topological polar surface area (TPSA) is 59.8 Å². The molecule has 3 aromatic rings. The zero-order valence-electron chi connectivity index (χ0n) is 19.4. The number of hydrogen-bond acceptors (Lipinski definition) is 6. The van der Waals surface area contributed by atoms with Crippen molar-refractivity contribution < 1.29 is 9.47 Å². The lowest BCUT2D eigenvalue weighted by atomic mass is 10.00. The van der Waals surface area contributed by atoms with Crippen molar-refractivity contribution in [3.8, 4) is 11.5 Å². The monoisotopic (exact) mass is 454 g/mol. The molecule has 0 aliphatic carbocycles. The van der Waals surface area contributed by atoms with Crippen LogP contribution in [0, 0.1) is 0 Å². The van der Waals surface area contributed by atoms with Gasteiger partial charge in [0.15, 0.2) is 11.5 Å². The van der Waals surface area contributed by atoms with E-state index in [1.165, 1.54) is 21.9 Å². The van der Waals surface area contributed by atoms with E-state index in [-0.39, 0.29) is 0 Å². The van der Waals surface area contributed by atoms with Crippen LogP contribution in [-0.4, -0.2) is 41.7 Å². The Kier molecular flexibility index (Phi) is 6.96. The Labute approximate surface area is 200 Å². The van der Waals surface area contributed by atoms with Crippen LogP contribution in [-0.2, 0) is 19.4 Å². The molecule has 0 radical (unpaired) electrons. The smallest absolute Gasteiger partial charge is 0.231 e. The van der Waals surface area contributed by atoms with Crippen LogP contribution in [0.3, 0.4) is 0 Å². The Morgan fingerprint density at radius 2 is 1.82 bits per heavy atom. The van der Waals surface area contributed by atoms with Gasteiger partial charge in [0.25, 0.3) is 0 Å². The summed E-state index contributed by atoms with van der Waals surface area (Å²) in [6.45, 7) is 6.81. The number of aryl methyl sites for hydroxylation is 1. The highest BCUT2D eigenvalue weighted by molar-refractivity contribution is 5.86. The van der Waals surface area contributed by atoms with E-state index in [4.69, 9.17) is 9.47 Å². The molecule has 34 heavy (non-hydrogen) atoms. The van der Waals surface area contributed by atoms with Crippen LogP contribution in [0.4, 0.5) is 0 Å². The molecule has 1 aromatic heterocycles. The van der Waals surface area contributed by atoms with Crippen molar-refractivity contribution >= 4 is 17.5 Å². The lowest BCUT2D eigenvalue weighted by Crippen LogP contribution is -2.24. The first-order chi connectivity index (χ1) is 16.8. The summed E-state index contributed by atoms with van der Waals surface area (Å²) in [6, 6.07) is 14.8. The van der Waals surface area contributed by atoms with Gasteiger partial charge in [0.05, 0.1) is 11.4 Å². The van der Waals surface area contributed by atoms with E-state index in [9.17, 15) is 0 Å². The highest BCUT2D eigenvalue weighted by atomic mass is 16.7. The van der Waals surface area contributed by atoms with Crippen LogP contribution < -0.4 is 9.47 Å². The minimum atomic E-state index is 0.318. The lowest BCUT2D eigenvalue weighted by Gasteiger charge is -2.20. The van der Waals surface area contributed by atoms with Gasteiger partial charge in [0.1, 0.15) is 0 Å². The number of fused-ring (bicyclic) bond motifs is 2. The quantitative estimate of drug-likeness (QED) is 0.343. The van der Waals surface area contributed by atoms with Gasteiger partial charge in [-0.05, 0) is 50.1 Å². The van der Waals surface area contributed by atoms with Gasteiger partial charge < -0.3 is 9.47 Å². The van der Waals surface area contributed by atoms with E-state index in [0.29, 0.717) is 6.79 Å². The van der Waals surface area contributed by atoms with E-state index in [2.05, 4.69) is 69.3 Å². The number of aliphatic imine (C=N–C) groups is 1. The van der Waals surface area contributed by atoms with E-state index < -0.39 is 0 Å². The summed E-state index contributed by atoms with van der Waals surface area (Å²) in [5.41, 5.74) is 4.81. The molecule has 174 valence electrons. The summed E-state index contributed by atoms with van der Waals surface area (Å²) in [4.78, 5) is 6.28. The van der Waals surface area contributed by atoms with Gasteiger partial charge in [-0.1, -0.05) is 48.1 Å². The van der Waals surface area contributed by atoms with Gasteiger partial charge >= 0.3 is 0 Å². The Balaban J connectivity index is 1.24. The maximum Gasteiger partial charge on any atom is 0.231 e. The number of aromatic nitrogens is 2. The molecule has 3 heterocycles. The number of benzene rings is 2. The number of ether oxygens (including phenoxy) is 2. The molecule has 5 rings (SSSR count). The van der Waals surface area contributed by atoms with E-state index in [0.717, 1.165) is 74.6 Å². The van der Waals surface area contributed by atoms with Crippen molar-refractivity contribution in [2.45, 2.75) is 38.6 Å². The Morgan fingerprint density at radius 1 is 1.00 bits per heavy atom. The van der Waals surface area contributed by atoms with E-state index >= 15 is 0 Å². The molecule has 0 fully saturated rings. The van der Waals surface area contributed by atoms with Gasteiger partial charge in [-0.3, -0.25) is 9.89 Å². The van der Waals surface area contributed by atoms with Crippen molar-refractivity contribution in [2.75, 3.05) is 19.9 Å². The Bertz CT molecular complexity index is 1230. The SMILES string of the molecule is C=N/C=C\CCc1nnc(CC2=CCCN(Cc3ccc4c(c3)OCO4)CC2)c2ccccc12.